The van der Waals surface area contributed by atoms with E-state index < -0.39 is 0 Å². The quantitative estimate of drug-likeness (QED) is 0.842. The van der Waals surface area contributed by atoms with Crippen molar-refractivity contribution < 1.29 is 4.79 Å². The number of thioether (sulfide) groups is 1. The van der Waals surface area contributed by atoms with Crippen LogP contribution in [0.5, 0.6) is 0 Å². The number of rotatable bonds is 5. The van der Waals surface area contributed by atoms with Crippen molar-refractivity contribution in [2.24, 2.45) is 5.73 Å². The Balaban J connectivity index is 1.81. The summed E-state index contributed by atoms with van der Waals surface area (Å²) in [4.78, 5) is 15.5. The number of amides is 1. The molecule has 0 aromatic heterocycles. The van der Waals surface area contributed by atoms with Crippen molar-refractivity contribution in [3.05, 3.63) is 29.3 Å². The van der Waals surface area contributed by atoms with Gasteiger partial charge in [0.1, 0.15) is 0 Å². The van der Waals surface area contributed by atoms with Crippen molar-refractivity contribution in [2.45, 2.75) is 49.6 Å². The summed E-state index contributed by atoms with van der Waals surface area (Å²) in [5.74, 6) is 1.03. The topological polar surface area (TPSA) is 46.3 Å². The number of nitrogens with two attached hydrogens (primary N) is 1. The number of hydrogen-bond acceptors (Lipinski definition) is 3. The molecule has 1 aliphatic heterocycles. The zero-order valence-electron chi connectivity index (χ0n) is 12.4. The third kappa shape index (κ3) is 4.90. The summed E-state index contributed by atoms with van der Waals surface area (Å²) in [5.41, 5.74) is 6.02. The molecule has 21 heavy (non-hydrogen) atoms. The molecule has 1 aromatic carbocycles. The first-order valence-electron chi connectivity index (χ1n) is 7.51. The van der Waals surface area contributed by atoms with E-state index in [9.17, 15) is 4.79 Å². The molecule has 2 unspecified atom stereocenters. The second-order valence-electron chi connectivity index (χ2n) is 5.56. The molecule has 0 spiro atoms. The van der Waals surface area contributed by atoms with E-state index >= 15 is 0 Å². The van der Waals surface area contributed by atoms with Crippen molar-refractivity contribution in [1.82, 2.24) is 4.90 Å². The fraction of sp³-hybridized carbons (Fsp3) is 0.562. The zero-order chi connectivity index (χ0) is 15.2. The van der Waals surface area contributed by atoms with Crippen LogP contribution in [0.3, 0.4) is 0 Å². The maximum atomic E-state index is 12.4. The van der Waals surface area contributed by atoms with E-state index in [0.717, 1.165) is 35.1 Å². The van der Waals surface area contributed by atoms with Crippen molar-refractivity contribution in [3.8, 4) is 0 Å². The lowest BCUT2D eigenvalue weighted by Crippen LogP contribution is -2.51. The van der Waals surface area contributed by atoms with Gasteiger partial charge in [0.15, 0.2) is 0 Å². The molecule has 2 N–H and O–H groups in total. The van der Waals surface area contributed by atoms with Crippen molar-refractivity contribution in [1.29, 1.82) is 0 Å². The van der Waals surface area contributed by atoms with Crippen molar-refractivity contribution >= 4 is 29.3 Å². The Morgan fingerprint density at radius 1 is 1.43 bits per heavy atom. The fourth-order valence-corrected chi connectivity index (χ4v) is 3.71. The molecule has 0 radical (unpaired) electrons. The first-order valence-corrected chi connectivity index (χ1v) is 8.87. The smallest absolute Gasteiger partial charge is 0.223 e. The summed E-state index contributed by atoms with van der Waals surface area (Å²) in [7, 11) is 0. The third-order valence-corrected chi connectivity index (χ3v) is 5.14. The molecule has 0 bridgehead atoms. The molecule has 2 atom stereocenters. The number of halogens is 1. The van der Waals surface area contributed by atoms with E-state index in [4.69, 9.17) is 17.3 Å². The van der Waals surface area contributed by atoms with Gasteiger partial charge in [0.2, 0.25) is 5.91 Å². The number of likely N-dealkylation sites (tertiary alicyclic amines) is 1. The fourth-order valence-electron chi connectivity index (χ4n) is 2.74. The van der Waals surface area contributed by atoms with Gasteiger partial charge in [0, 0.05) is 40.7 Å². The van der Waals surface area contributed by atoms with Crippen LogP contribution in [-0.2, 0) is 4.79 Å². The van der Waals surface area contributed by atoms with E-state index in [1.807, 2.05) is 36.1 Å². The number of piperidine rings is 1. The molecule has 5 heteroatoms. The number of carbonyl (C=O) groups excluding carboxylic acids is 1. The van der Waals surface area contributed by atoms with E-state index in [-0.39, 0.29) is 18.0 Å². The molecular formula is C16H23ClN2OS. The van der Waals surface area contributed by atoms with Gasteiger partial charge in [0.05, 0.1) is 0 Å². The summed E-state index contributed by atoms with van der Waals surface area (Å²) in [6, 6.07) is 8.00. The molecule has 1 aliphatic rings. The molecule has 3 nitrogen and oxygen atoms in total. The summed E-state index contributed by atoms with van der Waals surface area (Å²) >= 11 is 7.56. The first-order chi connectivity index (χ1) is 10.1. The molecule has 0 aliphatic carbocycles. The lowest BCUT2D eigenvalue weighted by atomic mass is 9.96. The Hall–Kier alpha value is -0.710. The zero-order valence-corrected chi connectivity index (χ0v) is 14.0. The SMILES string of the molecule is CC(N)C1CCCCN1C(=O)CCSc1ccc(Cl)cc1. The summed E-state index contributed by atoms with van der Waals surface area (Å²) in [5, 5.41) is 0.739. The van der Waals surface area contributed by atoms with Crippen LogP contribution in [0.15, 0.2) is 29.2 Å². The minimum atomic E-state index is 0.0539. The van der Waals surface area contributed by atoms with Gasteiger partial charge in [-0.1, -0.05) is 11.6 Å². The van der Waals surface area contributed by atoms with Crippen LogP contribution in [0.25, 0.3) is 0 Å². The molecule has 1 aromatic rings. The van der Waals surface area contributed by atoms with Crippen LogP contribution < -0.4 is 5.73 Å². The molecular weight excluding hydrogens is 304 g/mol. The van der Waals surface area contributed by atoms with Gasteiger partial charge < -0.3 is 10.6 Å². The molecule has 116 valence electrons. The maximum absolute atomic E-state index is 12.4. The Kier molecular flexibility index (Phi) is 6.40. The highest BCUT2D eigenvalue weighted by atomic mass is 35.5. The van der Waals surface area contributed by atoms with Crippen LogP contribution in [-0.4, -0.2) is 35.2 Å². The third-order valence-electron chi connectivity index (χ3n) is 3.87. The highest BCUT2D eigenvalue weighted by molar-refractivity contribution is 7.99. The highest BCUT2D eigenvalue weighted by Crippen LogP contribution is 2.23. The second kappa shape index (κ2) is 8.06. The summed E-state index contributed by atoms with van der Waals surface area (Å²) < 4.78 is 0. The Bertz CT molecular complexity index is 464. The lowest BCUT2D eigenvalue weighted by Gasteiger charge is -2.38. The molecule has 0 saturated carbocycles. The predicted octanol–water partition coefficient (Wildman–Crippen LogP) is 3.55. The van der Waals surface area contributed by atoms with Gasteiger partial charge in [0.25, 0.3) is 0 Å². The molecule has 1 heterocycles. The van der Waals surface area contributed by atoms with E-state index in [2.05, 4.69) is 0 Å². The maximum Gasteiger partial charge on any atom is 0.223 e. The molecule has 1 fully saturated rings. The largest absolute Gasteiger partial charge is 0.338 e. The van der Waals surface area contributed by atoms with Crippen LogP contribution in [0.4, 0.5) is 0 Å². The van der Waals surface area contributed by atoms with Gasteiger partial charge >= 0.3 is 0 Å². The minimum Gasteiger partial charge on any atom is -0.338 e. The normalized spacial score (nSPS) is 20.3. The van der Waals surface area contributed by atoms with Gasteiger partial charge in [-0.25, -0.2) is 0 Å². The van der Waals surface area contributed by atoms with Crippen molar-refractivity contribution in [2.75, 3.05) is 12.3 Å². The Labute approximate surface area is 136 Å². The van der Waals surface area contributed by atoms with E-state index in [1.165, 1.54) is 6.42 Å². The standard InChI is InChI=1S/C16H23ClN2OS/c1-12(18)15-4-2-3-10-19(15)16(20)9-11-21-14-7-5-13(17)6-8-14/h5-8,12,15H,2-4,9-11,18H2,1H3. The van der Waals surface area contributed by atoms with Crippen LogP contribution in [0, 0.1) is 0 Å². The molecule has 2 rings (SSSR count). The predicted molar refractivity (Wildman–Crippen MR) is 89.8 cm³/mol. The number of benzene rings is 1. The first kappa shape index (κ1) is 16.7. The van der Waals surface area contributed by atoms with Crippen LogP contribution >= 0.6 is 23.4 Å². The van der Waals surface area contributed by atoms with Gasteiger partial charge in [-0.15, -0.1) is 11.8 Å². The Morgan fingerprint density at radius 2 is 2.14 bits per heavy atom. The van der Waals surface area contributed by atoms with Gasteiger partial charge in [-0.3, -0.25) is 4.79 Å². The molecule has 1 amide bonds. The van der Waals surface area contributed by atoms with Gasteiger partial charge in [-0.05, 0) is 50.5 Å². The van der Waals surface area contributed by atoms with E-state index in [0.29, 0.717) is 6.42 Å². The summed E-state index contributed by atoms with van der Waals surface area (Å²) in [6.07, 6.45) is 3.87. The second-order valence-corrected chi connectivity index (χ2v) is 7.17. The van der Waals surface area contributed by atoms with Crippen molar-refractivity contribution in [3.63, 3.8) is 0 Å². The van der Waals surface area contributed by atoms with Gasteiger partial charge in [-0.2, -0.15) is 0 Å². The van der Waals surface area contributed by atoms with E-state index in [1.54, 1.807) is 11.8 Å². The number of carbonyl (C=O) groups is 1. The monoisotopic (exact) mass is 326 g/mol. The summed E-state index contributed by atoms with van der Waals surface area (Å²) in [6.45, 7) is 2.86. The van der Waals surface area contributed by atoms with Crippen LogP contribution in [0.1, 0.15) is 32.6 Å². The lowest BCUT2D eigenvalue weighted by molar-refractivity contribution is -0.134. The number of hydrogen-bond donors (Lipinski definition) is 1. The molecule has 1 saturated heterocycles. The number of nitrogens with zero attached hydrogens (tertiary/aromatic N) is 1. The average Bonchev–Trinajstić information content (AvgIpc) is 2.49. The van der Waals surface area contributed by atoms with Crippen LogP contribution in [0.2, 0.25) is 5.02 Å². The average molecular weight is 327 g/mol. The Morgan fingerprint density at radius 3 is 2.81 bits per heavy atom. The minimum absolute atomic E-state index is 0.0539. The highest BCUT2D eigenvalue weighted by Gasteiger charge is 2.28.